The van der Waals surface area contributed by atoms with Crippen LogP contribution in [0, 0.1) is 11.3 Å². The lowest BCUT2D eigenvalue weighted by molar-refractivity contribution is 0.181. The first-order valence-electron chi connectivity index (χ1n) is 6.69. The molecule has 1 aliphatic rings. The number of piperazine rings is 1. The molecule has 0 aliphatic carbocycles. The van der Waals surface area contributed by atoms with Crippen LogP contribution in [-0.2, 0) is 16.6 Å². The number of nitriles is 1. The highest BCUT2D eigenvalue weighted by atomic mass is 32.2. The molecule has 2 rings (SSSR count). The molecule has 0 saturated carbocycles. The summed E-state index contributed by atoms with van der Waals surface area (Å²) < 4.78 is 25.6. The number of benzene rings is 1. The fraction of sp³-hybridized carbons (Fsp3) is 0.500. The number of rotatable bonds is 4. The summed E-state index contributed by atoms with van der Waals surface area (Å²) in [6.45, 7) is 4.59. The maximum atomic E-state index is 12.1. The molecule has 1 aliphatic heterocycles. The Bertz CT molecular complexity index is 572. The van der Waals surface area contributed by atoms with Gasteiger partial charge in [-0.2, -0.15) is 9.57 Å². The predicted molar refractivity (Wildman–Crippen MR) is 77.3 cm³/mol. The quantitative estimate of drug-likeness (QED) is 0.832. The minimum absolute atomic E-state index is 0.460. The molecule has 6 heteroatoms. The molecule has 5 nitrogen and oxygen atoms in total. The smallest absolute Gasteiger partial charge is 0.230 e. The van der Waals surface area contributed by atoms with E-state index in [1.165, 1.54) is 16.8 Å². The van der Waals surface area contributed by atoms with Crippen molar-refractivity contribution >= 4 is 10.0 Å². The van der Waals surface area contributed by atoms with Gasteiger partial charge in [-0.1, -0.05) is 30.3 Å². The largest absolute Gasteiger partial charge is 0.296 e. The highest BCUT2D eigenvalue weighted by Gasteiger charge is 2.31. The second kappa shape index (κ2) is 6.35. The van der Waals surface area contributed by atoms with Crippen molar-refractivity contribution in [1.82, 2.24) is 9.21 Å². The Labute approximate surface area is 120 Å². The molecule has 1 aromatic rings. The summed E-state index contributed by atoms with van der Waals surface area (Å²) in [4.78, 5) is 2.23. The van der Waals surface area contributed by atoms with Crippen LogP contribution >= 0.6 is 0 Å². The van der Waals surface area contributed by atoms with E-state index in [4.69, 9.17) is 5.26 Å². The molecule has 0 amide bonds. The Hall–Kier alpha value is -1.42. The molecule has 1 aromatic carbocycles. The van der Waals surface area contributed by atoms with Gasteiger partial charge in [-0.05, 0) is 12.5 Å². The summed E-state index contributed by atoms with van der Waals surface area (Å²) in [5.74, 6) is 0. The van der Waals surface area contributed by atoms with Gasteiger partial charge in [0.05, 0.1) is 6.07 Å². The van der Waals surface area contributed by atoms with Gasteiger partial charge < -0.3 is 0 Å². The molecular weight excluding hydrogens is 274 g/mol. The van der Waals surface area contributed by atoms with Crippen LogP contribution in [0.4, 0.5) is 0 Å². The van der Waals surface area contributed by atoms with Crippen LogP contribution < -0.4 is 0 Å². The van der Waals surface area contributed by atoms with Crippen LogP contribution in [0.2, 0.25) is 0 Å². The van der Waals surface area contributed by atoms with Gasteiger partial charge in [0, 0.05) is 32.7 Å². The zero-order valence-electron chi connectivity index (χ0n) is 11.6. The van der Waals surface area contributed by atoms with Gasteiger partial charge in [-0.15, -0.1) is 0 Å². The average Bonchev–Trinajstić information content (AvgIpc) is 2.48. The lowest BCUT2D eigenvalue weighted by Crippen LogP contribution is -2.50. The van der Waals surface area contributed by atoms with Crippen LogP contribution in [0.1, 0.15) is 12.5 Å². The molecule has 0 radical (unpaired) electrons. The standard InChI is InChI=1S/C14H19N3O2S/c1-13(11-15)20(18,19)17-9-7-16(8-10-17)12-14-5-3-2-4-6-14/h2-6,13H,7-10,12H2,1H3. The predicted octanol–water partition coefficient (Wildman–Crippen LogP) is 1.05. The minimum atomic E-state index is -3.46. The lowest BCUT2D eigenvalue weighted by atomic mass is 10.2. The average molecular weight is 293 g/mol. The van der Waals surface area contributed by atoms with Gasteiger partial charge in [0.15, 0.2) is 5.25 Å². The Kier molecular flexibility index (Phi) is 4.76. The highest BCUT2D eigenvalue weighted by Crippen LogP contribution is 2.14. The van der Waals surface area contributed by atoms with E-state index in [-0.39, 0.29) is 0 Å². The Balaban J connectivity index is 1.92. The molecule has 1 fully saturated rings. The van der Waals surface area contributed by atoms with E-state index in [1.807, 2.05) is 24.3 Å². The van der Waals surface area contributed by atoms with E-state index in [9.17, 15) is 8.42 Å². The Morgan fingerprint density at radius 3 is 2.35 bits per heavy atom. The van der Waals surface area contributed by atoms with Gasteiger partial charge in [0.1, 0.15) is 0 Å². The van der Waals surface area contributed by atoms with E-state index in [1.54, 1.807) is 0 Å². The lowest BCUT2D eigenvalue weighted by Gasteiger charge is -2.34. The van der Waals surface area contributed by atoms with E-state index >= 15 is 0 Å². The minimum Gasteiger partial charge on any atom is -0.296 e. The fourth-order valence-corrected chi connectivity index (χ4v) is 3.53. The van der Waals surface area contributed by atoms with Crippen molar-refractivity contribution in [3.05, 3.63) is 35.9 Å². The van der Waals surface area contributed by atoms with Gasteiger partial charge in [0.2, 0.25) is 10.0 Å². The third-order valence-electron chi connectivity index (χ3n) is 3.57. The van der Waals surface area contributed by atoms with Crippen molar-refractivity contribution in [2.45, 2.75) is 18.7 Å². The van der Waals surface area contributed by atoms with Crippen molar-refractivity contribution in [1.29, 1.82) is 5.26 Å². The van der Waals surface area contributed by atoms with Crippen LogP contribution in [0.3, 0.4) is 0 Å². The van der Waals surface area contributed by atoms with E-state index in [0.29, 0.717) is 26.2 Å². The monoisotopic (exact) mass is 293 g/mol. The fourth-order valence-electron chi connectivity index (χ4n) is 2.27. The van der Waals surface area contributed by atoms with Crippen molar-refractivity contribution in [2.75, 3.05) is 26.2 Å². The second-order valence-corrected chi connectivity index (χ2v) is 7.23. The third kappa shape index (κ3) is 3.37. The van der Waals surface area contributed by atoms with E-state index in [0.717, 1.165) is 6.54 Å². The second-order valence-electron chi connectivity index (χ2n) is 4.98. The molecule has 0 spiro atoms. The number of nitrogens with zero attached hydrogens (tertiary/aromatic N) is 3. The molecule has 1 atom stereocenters. The van der Waals surface area contributed by atoms with Crippen LogP contribution in [-0.4, -0.2) is 49.1 Å². The van der Waals surface area contributed by atoms with E-state index < -0.39 is 15.3 Å². The Morgan fingerprint density at radius 2 is 1.80 bits per heavy atom. The SMILES string of the molecule is CC(C#N)S(=O)(=O)N1CCN(Cc2ccccc2)CC1. The zero-order valence-corrected chi connectivity index (χ0v) is 12.4. The van der Waals surface area contributed by atoms with Crippen LogP contribution in [0.5, 0.6) is 0 Å². The van der Waals surface area contributed by atoms with Gasteiger partial charge in [-0.3, -0.25) is 4.90 Å². The summed E-state index contributed by atoms with van der Waals surface area (Å²) in [6, 6.07) is 11.9. The molecule has 108 valence electrons. The molecule has 1 heterocycles. The molecular formula is C14H19N3O2S. The summed E-state index contributed by atoms with van der Waals surface area (Å²) in [5, 5.41) is 7.81. The van der Waals surface area contributed by atoms with Crippen molar-refractivity contribution in [3.63, 3.8) is 0 Å². The molecule has 1 unspecified atom stereocenters. The third-order valence-corrected chi connectivity index (χ3v) is 5.65. The van der Waals surface area contributed by atoms with Gasteiger partial charge in [-0.25, -0.2) is 8.42 Å². The zero-order chi connectivity index (χ0) is 14.6. The first-order chi connectivity index (χ1) is 9.54. The van der Waals surface area contributed by atoms with Crippen molar-refractivity contribution in [3.8, 4) is 6.07 Å². The summed E-state index contributed by atoms with van der Waals surface area (Å²) >= 11 is 0. The topological polar surface area (TPSA) is 64.4 Å². The van der Waals surface area contributed by atoms with E-state index in [2.05, 4.69) is 17.0 Å². The van der Waals surface area contributed by atoms with Crippen LogP contribution in [0.15, 0.2) is 30.3 Å². The summed E-state index contributed by atoms with van der Waals surface area (Å²) in [7, 11) is -3.46. The number of hydrogen-bond donors (Lipinski definition) is 0. The summed E-state index contributed by atoms with van der Waals surface area (Å²) in [5.41, 5.74) is 1.23. The van der Waals surface area contributed by atoms with Crippen LogP contribution in [0.25, 0.3) is 0 Å². The van der Waals surface area contributed by atoms with Crippen molar-refractivity contribution < 1.29 is 8.42 Å². The van der Waals surface area contributed by atoms with Crippen molar-refractivity contribution in [2.24, 2.45) is 0 Å². The van der Waals surface area contributed by atoms with Gasteiger partial charge in [0.25, 0.3) is 0 Å². The molecule has 1 saturated heterocycles. The maximum Gasteiger partial charge on any atom is 0.230 e. The molecule has 0 bridgehead atoms. The van der Waals surface area contributed by atoms with Gasteiger partial charge >= 0.3 is 0 Å². The molecule has 0 N–H and O–H groups in total. The maximum absolute atomic E-state index is 12.1. The first kappa shape index (κ1) is 15.0. The Morgan fingerprint density at radius 1 is 1.20 bits per heavy atom. The summed E-state index contributed by atoms with van der Waals surface area (Å²) in [6.07, 6.45) is 0. The normalized spacial score (nSPS) is 19.4. The molecule has 0 aromatic heterocycles. The molecule has 20 heavy (non-hydrogen) atoms. The number of sulfonamides is 1. The first-order valence-corrected chi connectivity index (χ1v) is 8.19. The highest BCUT2D eigenvalue weighted by molar-refractivity contribution is 7.89. The number of hydrogen-bond acceptors (Lipinski definition) is 4.